The minimum absolute atomic E-state index is 0.649. The van der Waals surface area contributed by atoms with Crippen molar-refractivity contribution >= 4 is 11.8 Å². The van der Waals surface area contributed by atoms with Gasteiger partial charge in [-0.15, -0.1) is 0 Å². The first-order valence-electron chi connectivity index (χ1n) is 7.36. The molecule has 19 heavy (non-hydrogen) atoms. The van der Waals surface area contributed by atoms with Crippen LogP contribution in [0.1, 0.15) is 26.2 Å². The molecule has 1 aliphatic carbocycles. The van der Waals surface area contributed by atoms with Crippen molar-refractivity contribution in [3.8, 4) is 0 Å². The maximum Gasteiger partial charge on any atom is 0.0701 e. The number of ether oxygens (including phenoxy) is 3. The van der Waals surface area contributed by atoms with E-state index in [1.165, 1.54) is 25.0 Å². The van der Waals surface area contributed by atoms with Crippen LogP contribution in [0.25, 0.3) is 0 Å². The second-order valence-corrected chi connectivity index (χ2v) is 6.34. The summed E-state index contributed by atoms with van der Waals surface area (Å²) in [6, 6.07) is 0.700. The summed E-state index contributed by atoms with van der Waals surface area (Å²) in [4.78, 5) is 0. The van der Waals surface area contributed by atoms with Gasteiger partial charge < -0.3 is 19.5 Å². The predicted molar refractivity (Wildman–Crippen MR) is 81.1 cm³/mol. The molecule has 1 aliphatic rings. The highest BCUT2D eigenvalue weighted by Gasteiger charge is 2.23. The molecule has 0 heterocycles. The van der Waals surface area contributed by atoms with Gasteiger partial charge in [0.2, 0.25) is 0 Å². The van der Waals surface area contributed by atoms with Crippen LogP contribution in [0.2, 0.25) is 0 Å². The summed E-state index contributed by atoms with van der Waals surface area (Å²) >= 11 is 2.10. The molecule has 0 radical (unpaired) electrons. The van der Waals surface area contributed by atoms with Gasteiger partial charge in [0.1, 0.15) is 0 Å². The molecule has 2 unspecified atom stereocenters. The van der Waals surface area contributed by atoms with Crippen molar-refractivity contribution < 1.29 is 14.2 Å². The number of rotatable bonds is 12. The lowest BCUT2D eigenvalue weighted by molar-refractivity contribution is 0.0252. The lowest BCUT2D eigenvalue weighted by atomic mass is 10.2. The number of nitrogens with one attached hydrogen (secondary N) is 1. The molecule has 2 atom stereocenters. The van der Waals surface area contributed by atoms with E-state index >= 15 is 0 Å². The third-order valence-corrected chi connectivity index (χ3v) is 4.50. The molecule has 5 heteroatoms. The summed E-state index contributed by atoms with van der Waals surface area (Å²) < 4.78 is 15.7. The highest BCUT2D eigenvalue weighted by Crippen LogP contribution is 2.29. The lowest BCUT2D eigenvalue weighted by Gasteiger charge is -2.13. The van der Waals surface area contributed by atoms with Crippen molar-refractivity contribution in [2.24, 2.45) is 0 Å². The van der Waals surface area contributed by atoms with Crippen LogP contribution >= 0.6 is 11.8 Å². The van der Waals surface area contributed by atoms with Crippen molar-refractivity contribution in [1.29, 1.82) is 0 Å². The van der Waals surface area contributed by atoms with E-state index in [9.17, 15) is 0 Å². The maximum atomic E-state index is 5.51. The van der Waals surface area contributed by atoms with E-state index in [2.05, 4.69) is 24.0 Å². The fourth-order valence-electron chi connectivity index (χ4n) is 2.31. The fourth-order valence-corrected chi connectivity index (χ4v) is 3.45. The van der Waals surface area contributed by atoms with Crippen LogP contribution in [0.3, 0.4) is 0 Å². The van der Waals surface area contributed by atoms with E-state index in [1.54, 1.807) is 7.11 Å². The van der Waals surface area contributed by atoms with Crippen LogP contribution in [-0.2, 0) is 14.2 Å². The van der Waals surface area contributed by atoms with Gasteiger partial charge in [0.25, 0.3) is 0 Å². The molecule has 0 aliphatic heterocycles. The van der Waals surface area contributed by atoms with Crippen LogP contribution in [0.15, 0.2) is 0 Å². The highest BCUT2D eigenvalue weighted by atomic mass is 32.2. The van der Waals surface area contributed by atoms with Gasteiger partial charge in [0, 0.05) is 24.9 Å². The largest absolute Gasteiger partial charge is 0.382 e. The Kier molecular flexibility index (Phi) is 10.9. The van der Waals surface area contributed by atoms with E-state index in [0.717, 1.165) is 18.4 Å². The maximum absolute atomic E-state index is 5.51. The standard InChI is InChI=1S/C14H29NO3S/c1-3-19-14-5-4-13(12-14)15-6-7-17-10-11-18-9-8-16-2/h13-15H,3-12H2,1-2H3. The van der Waals surface area contributed by atoms with E-state index < -0.39 is 0 Å². The highest BCUT2D eigenvalue weighted by molar-refractivity contribution is 7.99. The topological polar surface area (TPSA) is 39.7 Å². The summed E-state index contributed by atoms with van der Waals surface area (Å²) in [5.74, 6) is 1.24. The zero-order valence-electron chi connectivity index (χ0n) is 12.4. The molecule has 1 rings (SSSR count). The Balaban J connectivity index is 1.81. The molecule has 4 nitrogen and oxygen atoms in total. The van der Waals surface area contributed by atoms with Crippen LogP contribution in [-0.4, -0.2) is 63.7 Å². The van der Waals surface area contributed by atoms with Crippen molar-refractivity contribution in [3.05, 3.63) is 0 Å². The smallest absolute Gasteiger partial charge is 0.0701 e. The third-order valence-electron chi connectivity index (χ3n) is 3.27. The molecule has 0 bridgehead atoms. The van der Waals surface area contributed by atoms with E-state index in [4.69, 9.17) is 14.2 Å². The molecule has 0 spiro atoms. The Labute approximate surface area is 121 Å². The zero-order chi connectivity index (χ0) is 13.8. The summed E-state index contributed by atoms with van der Waals surface area (Å²) in [6.45, 7) is 6.60. The van der Waals surface area contributed by atoms with Gasteiger partial charge in [-0.1, -0.05) is 6.92 Å². The van der Waals surface area contributed by atoms with Gasteiger partial charge in [-0.05, 0) is 25.0 Å². The first kappa shape index (κ1) is 17.2. The summed E-state index contributed by atoms with van der Waals surface area (Å²) in [5.41, 5.74) is 0. The van der Waals surface area contributed by atoms with E-state index in [1.807, 2.05) is 0 Å². The van der Waals surface area contributed by atoms with Gasteiger partial charge in [-0.25, -0.2) is 0 Å². The van der Waals surface area contributed by atoms with Crippen LogP contribution in [0.5, 0.6) is 0 Å². The van der Waals surface area contributed by atoms with Gasteiger partial charge >= 0.3 is 0 Å². The Morgan fingerprint density at radius 1 is 1.05 bits per heavy atom. The van der Waals surface area contributed by atoms with Crippen molar-refractivity contribution in [2.45, 2.75) is 37.5 Å². The van der Waals surface area contributed by atoms with Gasteiger partial charge in [0.05, 0.1) is 33.0 Å². The summed E-state index contributed by atoms with van der Waals surface area (Å²) in [5, 5.41) is 4.45. The second-order valence-electron chi connectivity index (χ2n) is 4.76. The molecule has 0 amide bonds. The van der Waals surface area contributed by atoms with E-state index in [-0.39, 0.29) is 0 Å². The Morgan fingerprint density at radius 2 is 1.79 bits per heavy atom. The monoisotopic (exact) mass is 291 g/mol. The Morgan fingerprint density at radius 3 is 2.53 bits per heavy atom. The molecule has 1 N–H and O–H groups in total. The second kappa shape index (κ2) is 12.0. The van der Waals surface area contributed by atoms with Gasteiger partial charge in [0.15, 0.2) is 0 Å². The minimum atomic E-state index is 0.649. The molecule has 1 saturated carbocycles. The van der Waals surface area contributed by atoms with Gasteiger partial charge in [-0.3, -0.25) is 0 Å². The number of thioether (sulfide) groups is 1. The molecular formula is C14H29NO3S. The Hall–Kier alpha value is 0.190. The van der Waals surface area contributed by atoms with Crippen molar-refractivity contribution in [2.75, 3.05) is 52.4 Å². The lowest BCUT2D eigenvalue weighted by Crippen LogP contribution is -2.30. The normalized spacial score (nSPS) is 23.1. The number of methoxy groups -OCH3 is 1. The van der Waals surface area contributed by atoms with Crippen LogP contribution in [0.4, 0.5) is 0 Å². The average molecular weight is 291 g/mol. The molecule has 0 aromatic rings. The number of hydrogen-bond donors (Lipinski definition) is 1. The summed E-state index contributed by atoms with van der Waals surface area (Å²) in [6.07, 6.45) is 4.00. The molecule has 1 fully saturated rings. The quantitative estimate of drug-likeness (QED) is 0.556. The average Bonchev–Trinajstić information content (AvgIpc) is 2.85. The molecule has 0 aromatic carbocycles. The summed E-state index contributed by atoms with van der Waals surface area (Å²) in [7, 11) is 1.68. The van der Waals surface area contributed by atoms with Crippen molar-refractivity contribution in [1.82, 2.24) is 5.32 Å². The third kappa shape index (κ3) is 8.87. The van der Waals surface area contributed by atoms with E-state index in [0.29, 0.717) is 32.5 Å². The Bertz CT molecular complexity index is 207. The molecule has 0 saturated heterocycles. The first-order chi connectivity index (χ1) is 9.36. The van der Waals surface area contributed by atoms with Crippen molar-refractivity contribution in [3.63, 3.8) is 0 Å². The van der Waals surface area contributed by atoms with Crippen LogP contribution in [0, 0.1) is 0 Å². The minimum Gasteiger partial charge on any atom is -0.382 e. The molecular weight excluding hydrogens is 262 g/mol. The zero-order valence-corrected chi connectivity index (χ0v) is 13.2. The number of hydrogen-bond acceptors (Lipinski definition) is 5. The first-order valence-corrected chi connectivity index (χ1v) is 8.41. The molecule has 114 valence electrons. The van der Waals surface area contributed by atoms with Gasteiger partial charge in [-0.2, -0.15) is 11.8 Å². The van der Waals surface area contributed by atoms with Crippen LogP contribution < -0.4 is 5.32 Å². The predicted octanol–water partition coefficient (Wildman–Crippen LogP) is 1.93. The SMILES string of the molecule is CCSC1CCC(NCCOCCOCCOC)C1. The molecule has 0 aromatic heterocycles. The fraction of sp³-hybridized carbons (Fsp3) is 1.00.